The molecule has 4 amide bonds. The van der Waals surface area contributed by atoms with Gasteiger partial charge < -0.3 is 4.57 Å². The second-order valence-corrected chi connectivity index (χ2v) is 8.52. The van der Waals surface area contributed by atoms with E-state index < -0.39 is 22.8 Å². The van der Waals surface area contributed by atoms with Crippen molar-refractivity contribution in [2.24, 2.45) is 0 Å². The van der Waals surface area contributed by atoms with E-state index in [0.717, 1.165) is 21.4 Å². The van der Waals surface area contributed by atoms with Gasteiger partial charge in [0.05, 0.1) is 10.6 Å². The number of carbonyl (C=O) groups is 3. The van der Waals surface area contributed by atoms with Gasteiger partial charge in [0.2, 0.25) is 0 Å². The molecule has 0 atom stereocenters. The number of nitrogens with one attached hydrogen (secondary N) is 1. The number of carbonyl (C=O) groups excluding carboxylic acids is 3. The van der Waals surface area contributed by atoms with Crippen LogP contribution in [0.2, 0.25) is 5.02 Å². The van der Waals surface area contributed by atoms with Gasteiger partial charge in [-0.05, 0) is 42.0 Å². The zero-order chi connectivity index (χ0) is 25.4. The molecule has 1 aromatic heterocycles. The molecule has 0 bridgehead atoms. The van der Waals surface area contributed by atoms with Crippen LogP contribution in [0.4, 0.5) is 16.2 Å². The van der Waals surface area contributed by atoms with Gasteiger partial charge in [0.15, 0.2) is 0 Å². The van der Waals surface area contributed by atoms with Gasteiger partial charge in [-0.15, -0.1) is 0 Å². The van der Waals surface area contributed by atoms with Crippen LogP contribution in [-0.4, -0.2) is 27.3 Å². The average Bonchev–Trinajstić information content (AvgIpc) is 3.20. The molecule has 1 fully saturated rings. The molecule has 1 aliphatic rings. The van der Waals surface area contributed by atoms with E-state index in [-0.39, 0.29) is 16.9 Å². The fourth-order valence-electron chi connectivity index (χ4n) is 4.08. The number of aromatic nitrogens is 1. The van der Waals surface area contributed by atoms with Crippen LogP contribution in [0.1, 0.15) is 11.1 Å². The van der Waals surface area contributed by atoms with Gasteiger partial charge in [0.25, 0.3) is 17.5 Å². The predicted octanol–water partition coefficient (Wildman–Crippen LogP) is 4.92. The highest BCUT2D eigenvalue weighted by atomic mass is 35.5. The van der Waals surface area contributed by atoms with Crippen molar-refractivity contribution in [3.63, 3.8) is 0 Å². The van der Waals surface area contributed by atoms with Gasteiger partial charge in [-0.3, -0.25) is 25.0 Å². The molecule has 1 N–H and O–H groups in total. The Morgan fingerprint density at radius 3 is 2.33 bits per heavy atom. The molecule has 3 aromatic carbocycles. The molecule has 178 valence electrons. The summed E-state index contributed by atoms with van der Waals surface area (Å²) in [6.45, 7) is 0.414. The fraction of sp³-hybridized carbons (Fsp3) is 0.0385. The summed E-state index contributed by atoms with van der Waals surface area (Å²) < 4.78 is 1.93. The van der Waals surface area contributed by atoms with Crippen LogP contribution in [0.25, 0.3) is 17.0 Å². The highest BCUT2D eigenvalue weighted by Crippen LogP contribution is 2.28. The molecule has 9 nitrogen and oxygen atoms in total. The van der Waals surface area contributed by atoms with Gasteiger partial charge in [-0.1, -0.05) is 41.9 Å². The maximum Gasteiger partial charge on any atom is 0.335 e. The lowest BCUT2D eigenvalue weighted by atomic mass is 10.1. The summed E-state index contributed by atoms with van der Waals surface area (Å²) >= 11 is 5.92. The maximum atomic E-state index is 13.2. The molecule has 4 aromatic rings. The van der Waals surface area contributed by atoms with Crippen molar-refractivity contribution in [2.75, 3.05) is 4.90 Å². The molecule has 0 saturated carbocycles. The molecule has 5 rings (SSSR count). The van der Waals surface area contributed by atoms with E-state index in [9.17, 15) is 24.5 Å². The van der Waals surface area contributed by atoms with E-state index in [1.54, 1.807) is 30.5 Å². The van der Waals surface area contributed by atoms with Gasteiger partial charge in [-0.2, -0.15) is 0 Å². The van der Waals surface area contributed by atoms with E-state index >= 15 is 0 Å². The lowest BCUT2D eigenvalue weighted by Crippen LogP contribution is -2.54. The van der Waals surface area contributed by atoms with Crippen LogP contribution in [0.15, 0.2) is 84.6 Å². The van der Waals surface area contributed by atoms with E-state index in [2.05, 4.69) is 5.32 Å². The number of rotatable bonds is 5. The third-order valence-electron chi connectivity index (χ3n) is 5.81. The first-order valence-electron chi connectivity index (χ1n) is 10.8. The molecule has 1 aliphatic heterocycles. The Morgan fingerprint density at radius 1 is 0.944 bits per heavy atom. The van der Waals surface area contributed by atoms with Crippen LogP contribution in [0, 0.1) is 10.1 Å². The second kappa shape index (κ2) is 9.12. The number of nitrogens with zero attached hydrogens (tertiary/aromatic N) is 3. The number of urea groups is 1. The molecular formula is C26H17ClN4O5. The summed E-state index contributed by atoms with van der Waals surface area (Å²) in [5, 5.41) is 14.4. The van der Waals surface area contributed by atoms with Crippen LogP contribution in [-0.2, 0) is 16.1 Å². The van der Waals surface area contributed by atoms with Crippen molar-refractivity contribution in [2.45, 2.75) is 6.54 Å². The minimum Gasteiger partial charge on any atom is -0.342 e. The van der Waals surface area contributed by atoms with Crippen molar-refractivity contribution in [3.05, 3.63) is 111 Å². The van der Waals surface area contributed by atoms with Crippen LogP contribution in [0.5, 0.6) is 0 Å². The molecule has 2 heterocycles. The molecule has 0 radical (unpaired) electrons. The van der Waals surface area contributed by atoms with Gasteiger partial charge >= 0.3 is 6.03 Å². The minimum absolute atomic E-state index is 0.00292. The van der Waals surface area contributed by atoms with E-state index in [4.69, 9.17) is 11.6 Å². The first kappa shape index (κ1) is 23.0. The standard InChI is InChI=1S/C26H17ClN4O5/c27-18-7-11-19(12-8-18)30-25(33)22(24(32)28-26(30)34)13-17-15-29(23-4-2-1-3-21(17)23)14-16-5-9-20(10-6-16)31(35)36/h1-13,15H,14H2,(H,28,32,34)/b22-13+. The van der Waals surface area contributed by atoms with E-state index in [1.165, 1.54) is 30.3 Å². The molecule has 10 heteroatoms. The predicted molar refractivity (Wildman–Crippen MR) is 135 cm³/mol. The van der Waals surface area contributed by atoms with Gasteiger partial charge in [0, 0.05) is 46.4 Å². The monoisotopic (exact) mass is 500 g/mol. The molecule has 36 heavy (non-hydrogen) atoms. The SMILES string of the molecule is O=C1NC(=O)N(c2ccc(Cl)cc2)C(=O)/C1=C/c1cn(Cc2ccc([N+](=O)[O-])cc2)c2ccccc12. The number of halogens is 1. The number of imide groups is 2. The normalized spacial score (nSPS) is 15.0. The molecule has 0 unspecified atom stereocenters. The Hall–Kier alpha value is -4.76. The van der Waals surface area contributed by atoms with Crippen molar-refractivity contribution in [3.8, 4) is 0 Å². The molecule has 0 aliphatic carbocycles. The van der Waals surface area contributed by atoms with Crippen LogP contribution >= 0.6 is 11.6 Å². The van der Waals surface area contributed by atoms with Crippen LogP contribution < -0.4 is 10.2 Å². The lowest BCUT2D eigenvalue weighted by molar-refractivity contribution is -0.384. The number of hydrogen-bond acceptors (Lipinski definition) is 5. The summed E-state index contributed by atoms with van der Waals surface area (Å²) in [5.74, 6) is -1.54. The fourth-order valence-corrected chi connectivity index (χ4v) is 4.20. The lowest BCUT2D eigenvalue weighted by Gasteiger charge is -2.26. The number of nitro groups is 1. The molecule has 0 spiro atoms. The number of anilines is 1. The van der Waals surface area contributed by atoms with Crippen molar-refractivity contribution in [1.29, 1.82) is 0 Å². The molecular weight excluding hydrogens is 484 g/mol. The number of hydrogen-bond donors (Lipinski definition) is 1. The Morgan fingerprint density at radius 2 is 1.64 bits per heavy atom. The Kier molecular flexibility index (Phi) is 5.83. The van der Waals surface area contributed by atoms with Crippen molar-refractivity contribution >= 4 is 57.8 Å². The summed E-state index contributed by atoms with van der Waals surface area (Å²) in [6, 6.07) is 19.0. The second-order valence-electron chi connectivity index (χ2n) is 8.09. The van der Waals surface area contributed by atoms with Crippen molar-refractivity contribution < 1.29 is 19.3 Å². The quantitative estimate of drug-likeness (QED) is 0.181. The van der Waals surface area contributed by atoms with E-state index in [1.807, 2.05) is 28.8 Å². The summed E-state index contributed by atoms with van der Waals surface area (Å²) in [6.07, 6.45) is 3.25. The highest BCUT2D eigenvalue weighted by molar-refractivity contribution is 6.39. The zero-order valence-electron chi connectivity index (χ0n) is 18.6. The number of barbiturate groups is 1. The minimum atomic E-state index is -0.843. The third kappa shape index (κ3) is 4.23. The first-order valence-corrected chi connectivity index (χ1v) is 11.2. The average molecular weight is 501 g/mol. The number of non-ortho nitro benzene ring substituents is 1. The topological polar surface area (TPSA) is 115 Å². The van der Waals surface area contributed by atoms with Gasteiger partial charge in [-0.25, -0.2) is 9.69 Å². The Bertz CT molecular complexity index is 1570. The number of fused-ring (bicyclic) bond motifs is 1. The van der Waals surface area contributed by atoms with Crippen molar-refractivity contribution in [1.82, 2.24) is 9.88 Å². The number of nitro benzene ring substituents is 1. The zero-order valence-corrected chi connectivity index (χ0v) is 19.3. The summed E-state index contributed by atoms with van der Waals surface area (Å²) in [7, 11) is 0. The van der Waals surface area contributed by atoms with Crippen LogP contribution in [0.3, 0.4) is 0 Å². The summed E-state index contributed by atoms with van der Waals surface area (Å²) in [4.78, 5) is 49.7. The molecule has 1 saturated heterocycles. The number of para-hydroxylation sites is 1. The third-order valence-corrected chi connectivity index (χ3v) is 6.06. The number of benzene rings is 3. The highest BCUT2D eigenvalue weighted by Gasteiger charge is 2.37. The Labute approximate surface area is 209 Å². The largest absolute Gasteiger partial charge is 0.342 e. The van der Waals surface area contributed by atoms with Gasteiger partial charge in [0.1, 0.15) is 5.57 Å². The summed E-state index contributed by atoms with van der Waals surface area (Å²) in [5.41, 5.74) is 2.38. The smallest absolute Gasteiger partial charge is 0.335 e. The van der Waals surface area contributed by atoms with E-state index in [0.29, 0.717) is 17.1 Å². The Balaban J connectivity index is 1.53. The maximum absolute atomic E-state index is 13.2. The first-order chi connectivity index (χ1) is 17.3. The number of amides is 4.